The van der Waals surface area contributed by atoms with Crippen LogP contribution in [0, 0.1) is 18.8 Å². The molecule has 1 aliphatic carbocycles. The summed E-state index contributed by atoms with van der Waals surface area (Å²) in [5.74, 6) is 5.74. The van der Waals surface area contributed by atoms with Crippen molar-refractivity contribution in [3.8, 4) is 11.8 Å². The molecule has 0 aromatic heterocycles. The zero-order chi connectivity index (χ0) is 16.9. The van der Waals surface area contributed by atoms with Gasteiger partial charge in [0.2, 0.25) is 0 Å². The van der Waals surface area contributed by atoms with Crippen LogP contribution in [0.4, 0.5) is 5.69 Å². The fraction of sp³-hybridized carbons (Fsp3) is 0.600. The van der Waals surface area contributed by atoms with Gasteiger partial charge in [-0.05, 0) is 56.4 Å². The second-order valence-electron chi connectivity index (χ2n) is 6.79. The number of methoxy groups -OCH3 is 1. The zero-order valence-electron chi connectivity index (χ0n) is 14.6. The van der Waals surface area contributed by atoms with Crippen molar-refractivity contribution < 1.29 is 14.6 Å². The van der Waals surface area contributed by atoms with Gasteiger partial charge in [0, 0.05) is 31.5 Å². The summed E-state index contributed by atoms with van der Waals surface area (Å²) in [4.78, 5) is 2.41. The maximum absolute atomic E-state index is 8.87. The SMILES string of the molecule is COC1CC(OC2CCN(c3cc(C)cc(C#CCO)c3)CC2)C1. The van der Waals surface area contributed by atoms with Gasteiger partial charge in [-0.1, -0.05) is 11.8 Å². The van der Waals surface area contributed by atoms with Crippen LogP contribution in [0.15, 0.2) is 18.2 Å². The number of piperidine rings is 1. The van der Waals surface area contributed by atoms with E-state index in [-0.39, 0.29) is 6.61 Å². The lowest BCUT2D eigenvalue weighted by molar-refractivity contribution is -0.119. The summed E-state index contributed by atoms with van der Waals surface area (Å²) >= 11 is 0. The average molecular weight is 329 g/mol. The Hall–Kier alpha value is -1.54. The number of nitrogens with zero attached hydrogens (tertiary/aromatic N) is 1. The Morgan fingerprint density at radius 2 is 1.88 bits per heavy atom. The standard InChI is InChI=1S/C20H27NO3/c1-15-10-16(4-3-9-22)12-17(11-15)21-7-5-18(6-8-21)24-20-13-19(14-20)23-2/h10-12,18-20,22H,5-9,13-14H2,1-2H3. The number of benzene rings is 1. The van der Waals surface area contributed by atoms with Gasteiger partial charge in [-0.2, -0.15) is 0 Å². The van der Waals surface area contributed by atoms with Gasteiger partial charge < -0.3 is 19.5 Å². The number of ether oxygens (including phenoxy) is 2. The largest absolute Gasteiger partial charge is 0.384 e. The van der Waals surface area contributed by atoms with Crippen LogP contribution in [0.3, 0.4) is 0 Å². The molecule has 3 rings (SSSR count). The third-order valence-corrected chi connectivity index (χ3v) is 4.95. The molecule has 1 saturated carbocycles. The lowest BCUT2D eigenvalue weighted by Crippen LogP contribution is -2.43. The molecule has 0 amide bonds. The van der Waals surface area contributed by atoms with Crippen LogP contribution in [0.1, 0.15) is 36.8 Å². The van der Waals surface area contributed by atoms with E-state index in [0.29, 0.717) is 18.3 Å². The monoisotopic (exact) mass is 329 g/mol. The van der Waals surface area contributed by atoms with Crippen LogP contribution in [0.5, 0.6) is 0 Å². The molecule has 1 N–H and O–H groups in total. The van der Waals surface area contributed by atoms with Gasteiger partial charge in [0.15, 0.2) is 0 Å². The molecule has 130 valence electrons. The Labute approximate surface area is 144 Å². The molecule has 4 heteroatoms. The van der Waals surface area contributed by atoms with E-state index in [1.165, 1.54) is 11.3 Å². The van der Waals surface area contributed by atoms with Crippen LogP contribution < -0.4 is 4.90 Å². The molecule has 2 fully saturated rings. The number of aliphatic hydroxyl groups excluding tert-OH is 1. The quantitative estimate of drug-likeness (QED) is 0.862. The minimum atomic E-state index is -0.100. The van der Waals surface area contributed by atoms with Gasteiger partial charge in [0.25, 0.3) is 0 Å². The highest BCUT2D eigenvalue weighted by Crippen LogP contribution is 2.30. The summed E-state index contributed by atoms with van der Waals surface area (Å²) in [6.45, 7) is 4.02. The molecule has 2 aliphatic rings. The van der Waals surface area contributed by atoms with Gasteiger partial charge in [0.1, 0.15) is 6.61 Å². The number of anilines is 1. The van der Waals surface area contributed by atoms with Crippen molar-refractivity contribution in [1.82, 2.24) is 0 Å². The van der Waals surface area contributed by atoms with Crippen molar-refractivity contribution in [3.05, 3.63) is 29.3 Å². The number of aryl methyl sites for hydroxylation is 1. The smallest absolute Gasteiger partial charge is 0.104 e. The molecular formula is C20H27NO3. The molecule has 0 atom stereocenters. The predicted octanol–water partition coefficient (Wildman–Crippen LogP) is 2.50. The molecule has 0 bridgehead atoms. The van der Waals surface area contributed by atoms with Crippen molar-refractivity contribution in [2.45, 2.75) is 50.9 Å². The molecular weight excluding hydrogens is 302 g/mol. The second kappa shape index (κ2) is 8.02. The number of hydrogen-bond acceptors (Lipinski definition) is 4. The second-order valence-corrected chi connectivity index (χ2v) is 6.79. The molecule has 1 aromatic rings. The molecule has 0 spiro atoms. The normalized spacial score (nSPS) is 24.2. The van der Waals surface area contributed by atoms with Crippen LogP contribution >= 0.6 is 0 Å². The van der Waals surface area contributed by atoms with Gasteiger partial charge in [-0.3, -0.25) is 0 Å². The Morgan fingerprint density at radius 1 is 1.12 bits per heavy atom. The summed E-state index contributed by atoms with van der Waals surface area (Å²) in [5.41, 5.74) is 3.39. The van der Waals surface area contributed by atoms with Crippen LogP contribution in [-0.2, 0) is 9.47 Å². The highest BCUT2D eigenvalue weighted by Gasteiger charge is 2.32. The molecule has 0 radical (unpaired) electrons. The van der Waals surface area contributed by atoms with Crippen molar-refractivity contribution in [2.24, 2.45) is 0 Å². The highest BCUT2D eigenvalue weighted by atomic mass is 16.5. The minimum Gasteiger partial charge on any atom is -0.384 e. The minimum absolute atomic E-state index is 0.100. The number of rotatable bonds is 4. The van der Waals surface area contributed by atoms with E-state index in [9.17, 15) is 0 Å². The van der Waals surface area contributed by atoms with E-state index < -0.39 is 0 Å². The fourth-order valence-electron chi connectivity index (χ4n) is 3.50. The van der Waals surface area contributed by atoms with Crippen molar-refractivity contribution >= 4 is 5.69 Å². The molecule has 4 nitrogen and oxygen atoms in total. The average Bonchev–Trinajstić information content (AvgIpc) is 2.56. The summed E-state index contributed by atoms with van der Waals surface area (Å²) in [6, 6.07) is 6.39. The Morgan fingerprint density at radius 3 is 2.54 bits per heavy atom. The van der Waals surface area contributed by atoms with Crippen molar-refractivity contribution in [2.75, 3.05) is 31.7 Å². The summed E-state index contributed by atoms with van der Waals surface area (Å²) in [5, 5.41) is 8.87. The van der Waals surface area contributed by atoms with E-state index in [4.69, 9.17) is 14.6 Å². The third-order valence-electron chi connectivity index (χ3n) is 4.95. The Kier molecular flexibility index (Phi) is 5.78. The summed E-state index contributed by atoms with van der Waals surface area (Å²) in [6.07, 6.45) is 5.40. The first-order valence-corrected chi connectivity index (χ1v) is 8.82. The number of hydrogen-bond donors (Lipinski definition) is 1. The maximum atomic E-state index is 8.87. The predicted molar refractivity (Wildman–Crippen MR) is 95.3 cm³/mol. The lowest BCUT2D eigenvalue weighted by atomic mass is 9.91. The molecule has 1 aliphatic heterocycles. The van der Waals surface area contributed by atoms with Gasteiger partial charge in [-0.25, -0.2) is 0 Å². The molecule has 1 saturated heterocycles. The molecule has 1 heterocycles. The van der Waals surface area contributed by atoms with Gasteiger partial charge in [0.05, 0.1) is 18.3 Å². The van der Waals surface area contributed by atoms with E-state index >= 15 is 0 Å². The first kappa shape index (κ1) is 17.3. The van der Waals surface area contributed by atoms with E-state index in [2.05, 4.69) is 41.9 Å². The highest BCUT2D eigenvalue weighted by molar-refractivity contribution is 5.55. The molecule has 1 aromatic carbocycles. The summed E-state index contributed by atoms with van der Waals surface area (Å²) < 4.78 is 11.5. The zero-order valence-corrected chi connectivity index (χ0v) is 14.6. The third kappa shape index (κ3) is 4.30. The first-order valence-electron chi connectivity index (χ1n) is 8.82. The molecule has 24 heavy (non-hydrogen) atoms. The fourth-order valence-corrected chi connectivity index (χ4v) is 3.50. The first-order chi connectivity index (χ1) is 11.7. The maximum Gasteiger partial charge on any atom is 0.104 e. The van der Waals surface area contributed by atoms with E-state index in [1.807, 2.05) is 0 Å². The van der Waals surface area contributed by atoms with Crippen LogP contribution in [-0.4, -0.2) is 50.2 Å². The van der Waals surface area contributed by atoms with Crippen molar-refractivity contribution in [1.29, 1.82) is 0 Å². The van der Waals surface area contributed by atoms with Gasteiger partial charge in [-0.15, -0.1) is 0 Å². The van der Waals surface area contributed by atoms with E-state index in [1.54, 1.807) is 7.11 Å². The van der Waals surface area contributed by atoms with E-state index in [0.717, 1.165) is 44.3 Å². The summed E-state index contributed by atoms with van der Waals surface area (Å²) in [7, 11) is 1.78. The Balaban J connectivity index is 1.54. The van der Waals surface area contributed by atoms with Crippen molar-refractivity contribution in [3.63, 3.8) is 0 Å². The van der Waals surface area contributed by atoms with Gasteiger partial charge >= 0.3 is 0 Å². The molecule has 0 unspecified atom stereocenters. The lowest BCUT2D eigenvalue weighted by Gasteiger charge is -2.40. The van der Waals surface area contributed by atoms with Crippen LogP contribution in [0.25, 0.3) is 0 Å². The number of aliphatic hydroxyl groups is 1. The topological polar surface area (TPSA) is 41.9 Å². The Bertz CT molecular complexity index is 605. The van der Waals surface area contributed by atoms with Crippen LogP contribution in [0.2, 0.25) is 0 Å².